The maximum absolute atomic E-state index is 11.5. The van der Waals surface area contributed by atoms with E-state index in [1.54, 1.807) is 6.07 Å². The van der Waals surface area contributed by atoms with Crippen LogP contribution in [0, 0.1) is 6.92 Å². The molecule has 0 aliphatic carbocycles. The molecule has 2 aromatic rings. The maximum Gasteiger partial charge on any atom is 0.337 e. The molecule has 0 saturated carbocycles. The third kappa shape index (κ3) is 2.77. The van der Waals surface area contributed by atoms with Gasteiger partial charge in [0.1, 0.15) is 0 Å². The highest BCUT2D eigenvalue weighted by Crippen LogP contribution is 2.27. The second-order valence-electron chi connectivity index (χ2n) is 5.62. The van der Waals surface area contributed by atoms with Crippen LogP contribution >= 0.6 is 0 Å². The number of aromatic carboxylic acids is 1. The van der Waals surface area contributed by atoms with Crippen molar-refractivity contribution in [3.8, 4) is 0 Å². The maximum atomic E-state index is 11.5. The lowest BCUT2D eigenvalue weighted by Gasteiger charge is -2.25. The number of carboxylic acid groups (broad SMARTS) is 1. The first-order chi connectivity index (χ1) is 10.1. The van der Waals surface area contributed by atoms with Gasteiger partial charge in [0.2, 0.25) is 0 Å². The van der Waals surface area contributed by atoms with E-state index in [0.29, 0.717) is 5.56 Å². The number of anilines is 1. The summed E-state index contributed by atoms with van der Waals surface area (Å²) in [4.78, 5) is 13.7. The van der Waals surface area contributed by atoms with Crippen LogP contribution in [0.1, 0.15) is 33.5 Å². The Morgan fingerprint density at radius 1 is 1.14 bits per heavy atom. The van der Waals surface area contributed by atoms with Gasteiger partial charge >= 0.3 is 5.97 Å². The zero-order valence-electron chi connectivity index (χ0n) is 12.2. The second-order valence-corrected chi connectivity index (χ2v) is 5.62. The van der Waals surface area contributed by atoms with Crippen LogP contribution in [-0.4, -0.2) is 17.6 Å². The van der Waals surface area contributed by atoms with Gasteiger partial charge in [-0.3, -0.25) is 0 Å². The summed E-state index contributed by atoms with van der Waals surface area (Å²) in [6.45, 7) is 3.59. The van der Waals surface area contributed by atoms with Crippen molar-refractivity contribution < 1.29 is 9.90 Å². The second kappa shape index (κ2) is 5.60. The van der Waals surface area contributed by atoms with E-state index in [1.165, 1.54) is 11.1 Å². The lowest BCUT2D eigenvalue weighted by molar-refractivity contribution is 0.0697. The van der Waals surface area contributed by atoms with E-state index in [2.05, 4.69) is 29.2 Å². The third-order valence-electron chi connectivity index (χ3n) is 4.08. The molecule has 3 rings (SSSR count). The van der Waals surface area contributed by atoms with Gasteiger partial charge in [-0.1, -0.05) is 35.9 Å². The van der Waals surface area contributed by atoms with Gasteiger partial charge in [0.15, 0.2) is 0 Å². The van der Waals surface area contributed by atoms with E-state index in [0.717, 1.165) is 37.2 Å². The minimum atomic E-state index is -0.855. The highest BCUT2D eigenvalue weighted by molar-refractivity contribution is 5.94. The lowest BCUT2D eigenvalue weighted by atomic mass is 10.0. The largest absolute Gasteiger partial charge is 0.478 e. The van der Waals surface area contributed by atoms with Gasteiger partial charge in [0.25, 0.3) is 0 Å². The Hall–Kier alpha value is -2.29. The summed E-state index contributed by atoms with van der Waals surface area (Å²) >= 11 is 0. The van der Waals surface area contributed by atoms with Crippen molar-refractivity contribution in [2.75, 3.05) is 11.4 Å². The average Bonchev–Trinajstić information content (AvgIpc) is 2.69. The number of nitrogens with zero attached hydrogens (tertiary/aromatic N) is 1. The summed E-state index contributed by atoms with van der Waals surface area (Å²) < 4.78 is 0. The van der Waals surface area contributed by atoms with Crippen molar-refractivity contribution >= 4 is 11.7 Å². The fourth-order valence-corrected chi connectivity index (χ4v) is 3.00. The first kappa shape index (κ1) is 13.7. The molecule has 0 spiro atoms. The fourth-order valence-electron chi connectivity index (χ4n) is 3.00. The molecule has 1 aliphatic heterocycles. The molecular weight excluding hydrogens is 262 g/mol. The van der Waals surface area contributed by atoms with Crippen molar-refractivity contribution in [1.29, 1.82) is 0 Å². The van der Waals surface area contributed by atoms with Crippen molar-refractivity contribution in [3.05, 3.63) is 64.7 Å². The zero-order chi connectivity index (χ0) is 14.8. The molecule has 0 bridgehead atoms. The standard InChI is InChI=1S/C18H19NO2/c1-13-8-9-17(16(11-13)18(20)21)19-10-4-7-14-5-2-3-6-15(14)12-19/h2-3,5-6,8-9,11H,4,7,10,12H2,1H3,(H,20,21). The van der Waals surface area contributed by atoms with Crippen molar-refractivity contribution in [1.82, 2.24) is 0 Å². The van der Waals surface area contributed by atoms with E-state index in [9.17, 15) is 9.90 Å². The normalized spacial score (nSPS) is 14.4. The molecule has 21 heavy (non-hydrogen) atoms. The van der Waals surface area contributed by atoms with E-state index in [4.69, 9.17) is 0 Å². The van der Waals surface area contributed by atoms with Crippen LogP contribution in [0.25, 0.3) is 0 Å². The monoisotopic (exact) mass is 281 g/mol. The number of aryl methyl sites for hydroxylation is 2. The SMILES string of the molecule is Cc1ccc(N2CCCc3ccccc3C2)c(C(=O)O)c1. The van der Waals surface area contributed by atoms with Gasteiger partial charge in [-0.25, -0.2) is 4.79 Å². The predicted octanol–water partition coefficient (Wildman–Crippen LogP) is 3.65. The number of hydrogen-bond acceptors (Lipinski definition) is 2. The molecule has 3 nitrogen and oxygen atoms in total. The highest BCUT2D eigenvalue weighted by Gasteiger charge is 2.19. The summed E-state index contributed by atoms with van der Waals surface area (Å²) in [6, 6.07) is 14.1. The summed E-state index contributed by atoms with van der Waals surface area (Å²) in [5.74, 6) is -0.855. The number of benzene rings is 2. The summed E-state index contributed by atoms with van der Waals surface area (Å²) in [5.41, 5.74) is 4.88. The van der Waals surface area contributed by atoms with E-state index in [1.807, 2.05) is 19.1 Å². The first-order valence-corrected chi connectivity index (χ1v) is 7.31. The summed E-state index contributed by atoms with van der Waals surface area (Å²) in [7, 11) is 0. The number of rotatable bonds is 2. The summed E-state index contributed by atoms with van der Waals surface area (Å²) in [5, 5.41) is 9.46. The van der Waals surface area contributed by atoms with Crippen LogP contribution in [0.15, 0.2) is 42.5 Å². The molecule has 0 amide bonds. The zero-order valence-corrected chi connectivity index (χ0v) is 12.2. The van der Waals surface area contributed by atoms with Crippen LogP contribution in [-0.2, 0) is 13.0 Å². The highest BCUT2D eigenvalue weighted by atomic mass is 16.4. The Morgan fingerprint density at radius 3 is 2.67 bits per heavy atom. The Bertz CT molecular complexity index is 679. The number of hydrogen-bond donors (Lipinski definition) is 1. The average molecular weight is 281 g/mol. The van der Waals surface area contributed by atoms with Gasteiger partial charge in [0, 0.05) is 13.1 Å². The molecule has 0 fully saturated rings. The molecule has 0 atom stereocenters. The smallest absolute Gasteiger partial charge is 0.337 e. The molecule has 2 aromatic carbocycles. The summed E-state index contributed by atoms with van der Waals surface area (Å²) in [6.07, 6.45) is 2.10. The number of carbonyl (C=O) groups is 1. The molecule has 108 valence electrons. The minimum absolute atomic E-state index is 0.398. The molecule has 3 heteroatoms. The Kier molecular flexibility index (Phi) is 3.65. The molecule has 0 radical (unpaired) electrons. The Labute approximate surface area is 124 Å². The van der Waals surface area contributed by atoms with Gasteiger partial charge in [-0.15, -0.1) is 0 Å². The van der Waals surface area contributed by atoms with Crippen molar-refractivity contribution in [2.24, 2.45) is 0 Å². The lowest BCUT2D eigenvalue weighted by Crippen LogP contribution is -2.24. The molecule has 1 N–H and O–H groups in total. The van der Waals surface area contributed by atoms with Crippen LogP contribution in [0.5, 0.6) is 0 Å². The van der Waals surface area contributed by atoms with Gasteiger partial charge in [0.05, 0.1) is 11.3 Å². The third-order valence-corrected chi connectivity index (χ3v) is 4.08. The number of fused-ring (bicyclic) bond motifs is 1. The van der Waals surface area contributed by atoms with Gasteiger partial charge < -0.3 is 10.0 Å². The van der Waals surface area contributed by atoms with Crippen LogP contribution < -0.4 is 4.90 Å². The number of carboxylic acids is 1. The molecule has 1 heterocycles. The van der Waals surface area contributed by atoms with Crippen LogP contribution in [0.3, 0.4) is 0 Å². The molecule has 0 unspecified atom stereocenters. The van der Waals surface area contributed by atoms with Crippen molar-refractivity contribution in [3.63, 3.8) is 0 Å². The first-order valence-electron chi connectivity index (χ1n) is 7.31. The van der Waals surface area contributed by atoms with Gasteiger partial charge in [-0.2, -0.15) is 0 Å². The van der Waals surface area contributed by atoms with Crippen molar-refractivity contribution in [2.45, 2.75) is 26.3 Å². The molecule has 1 aliphatic rings. The van der Waals surface area contributed by atoms with E-state index in [-0.39, 0.29) is 0 Å². The van der Waals surface area contributed by atoms with E-state index >= 15 is 0 Å². The topological polar surface area (TPSA) is 40.5 Å². The molecular formula is C18H19NO2. The molecule has 0 saturated heterocycles. The van der Waals surface area contributed by atoms with Crippen LogP contribution in [0.4, 0.5) is 5.69 Å². The minimum Gasteiger partial charge on any atom is -0.478 e. The predicted molar refractivity (Wildman–Crippen MR) is 84.0 cm³/mol. The Morgan fingerprint density at radius 2 is 1.90 bits per heavy atom. The fraction of sp³-hybridized carbons (Fsp3) is 0.278. The molecule has 0 aromatic heterocycles. The quantitative estimate of drug-likeness (QED) is 0.913. The van der Waals surface area contributed by atoms with E-state index < -0.39 is 5.97 Å². The van der Waals surface area contributed by atoms with Crippen LogP contribution in [0.2, 0.25) is 0 Å². The Balaban J connectivity index is 2.00. The van der Waals surface area contributed by atoms with Gasteiger partial charge in [-0.05, 0) is 43.0 Å².